The van der Waals surface area contributed by atoms with Gasteiger partial charge in [0.25, 0.3) is 5.91 Å². The Labute approximate surface area is 124 Å². The normalized spacial score (nSPS) is 18.6. The lowest BCUT2D eigenvalue weighted by Gasteiger charge is -2.26. The van der Waals surface area contributed by atoms with Gasteiger partial charge < -0.3 is 10.2 Å². The molecule has 3 rings (SSSR count). The average molecular weight is 291 g/mol. The van der Waals surface area contributed by atoms with Gasteiger partial charge in [0, 0.05) is 29.7 Å². The molecule has 0 saturated heterocycles. The molecule has 3 nitrogen and oxygen atoms in total. The summed E-state index contributed by atoms with van der Waals surface area (Å²) in [6, 6.07) is 8.16. The number of carbonyl (C=O) groups excluding carboxylic acids is 1. The summed E-state index contributed by atoms with van der Waals surface area (Å²) in [4.78, 5) is 14.7. The first-order chi connectivity index (χ1) is 9.75. The molecular formula is C16H19ClN2O. The fourth-order valence-electron chi connectivity index (χ4n) is 2.55. The first-order valence-electron chi connectivity index (χ1n) is 7.20. The van der Waals surface area contributed by atoms with Gasteiger partial charge >= 0.3 is 0 Å². The molecule has 1 N–H and O–H groups in total. The zero-order valence-corrected chi connectivity index (χ0v) is 12.2. The van der Waals surface area contributed by atoms with Crippen LogP contribution in [0.5, 0.6) is 0 Å². The van der Waals surface area contributed by atoms with Crippen molar-refractivity contribution in [2.24, 2.45) is 0 Å². The maximum absolute atomic E-state index is 12.7. The number of hydrogen-bond donors (Lipinski definition) is 1. The summed E-state index contributed by atoms with van der Waals surface area (Å²) in [7, 11) is 0. The zero-order chi connectivity index (χ0) is 13.9. The van der Waals surface area contributed by atoms with E-state index in [9.17, 15) is 4.79 Å². The van der Waals surface area contributed by atoms with Gasteiger partial charge in [0.15, 0.2) is 0 Å². The monoisotopic (exact) mass is 290 g/mol. The van der Waals surface area contributed by atoms with Gasteiger partial charge in [-0.15, -0.1) is 0 Å². The first kappa shape index (κ1) is 13.7. The molecule has 1 amide bonds. The molecule has 0 unspecified atom stereocenters. The van der Waals surface area contributed by atoms with Crippen LogP contribution in [0.1, 0.15) is 24.8 Å². The van der Waals surface area contributed by atoms with E-state index in [1.54, 1.807) is 0 Å². The van der Waals surface area contributed by atoms with Crippen LogP contribution >= 0.6 is 11.6 Å². The smallest absolute Gasteiger partial charge is 0.251 e. The Morgan fingerprint density at radius 1 is 1.35 bits per heavy atom. The largest absolute Gasteiger partial charge is 0.332 e. The van der Waals surface area contributed by atoms with Crippen LogP contribution in [0.25, 0.3) is 0 Å². The molecule has 0 aromatic heterocycles. The standard InChI is InChI=1S/C16H19ClN2O/c17-15-6-2-1-4-13(15)11-19(14-7-8-14)16(20)12-5-3-9-18-10-12/h1-2,4-6,14,18H,3,7-11H2. The summed E-state index contributed by atoms with van der Waals surface area (Å²) < 4.78 is 0. The number of carbonyl (C=O) groups is 1. The minimum absolute atomic E-state index is 0.166. The highest BCUT2D eigenvalue weighted by Crippen LogP contribution is 2.31. The second-order valence-corrected chi connectivity index (χ2v) is 5.86. The topological polar surface area (TPSA) is 32.3 Å². The van der Waals surface area contributed by atoms with Crippen LogP contribution < -0.4 is 5.32 Å². The van der Waals surface area contributed by atoms with Crippen molar-refractivity contribution in [2.45, 2.75) is 31.8 Å². The lowest BCUT2D eigenvalue weighted by atomic mass is 10.1. The third kappa shape index (κ3) is 3.05. The number of amides is 1. The van der Waals surface area contributed by atoms with Crippen molar-refractivity contribution in [2.75, 3.05) is 13.1 Å². The fourth-order valence-corrected chi connectivity index (χ4v) is 2.75. The van der Waals surface area contributed by atoms with Gasteiger partial charge in [-0.25, -0.2) is 0 Å². The predicted molar refractivity (Wildman–Crippen MR) is 80.6 cm³/mol. The molecule has 0 atom stereocenters. The Bertz CT molecular complexity index is 537. The predicted octanol–water partition coefficient (Wildman–Crippen LogP) is 2.75. The highest BCUT2D eigenvalue weighted by molar-refractivity contribution is 6.31. The van der Waals surface area contributed by atoms with Gasteiger partial charge in [0.1, 0.15) is 0 Å². The zero-order valence-electron chi connectivity index (χ0n) is 11.4. The number of hydrogen-bond acceptors (Lipinski definition) is 2. The van der Waals surface area contributed by atoms with Crippen LogP contribution in [0.15, 0.2) is 35.9 Å². The molecule has 1 aliphatic heterocycles. The summed E-state index contributed by atoms with van der Waals surface area (Å²) in [6.45, 7) is 2.26. The highest BCUT2D eigenvalue weighted by Gasteiger charge is 2.34. The SMILES string of the molecule is O=C(C1=CCCNC1)N(Cc1ccccc1Cl)C1CC1. The van der Waals surface area contributed by atoms with Crippen molar-refractivity contribution in [3.63, 3.8) is 0 Å². The van der Waals surface area contributed by atoms with Crippen molar-refractivity contribution in [1.29, 1.82) is 0 Å². The number of nitrogens with one attached hydrogen (secondary N) is 1. The minimum Gasteiger partial charge on any atom is -0.332 e. The maximum atomic E-state index is 12.7. The second kappa shape index (κ2) is 5.98. The Balaban J connectivity index is 1.77. The molecule has 20 heavy (non-hydrogen) atoms. The molecule has 1 heterocycles. The molecule has 1 fully saturated rings. The van der Waals surface area contributed by atoms with Gasteiger partial charge in [-0.1, -0.05) is 35.9 Å². The van der Waals surface area contributed by atoms with Crippen LogP contribution in [0, 0.1) is 0 Å². The van der Waals surface area contributed by atoms with Crippen LogP contribution in [-0.2, 0) is 11.3 Å². The lowest BCUT2D eigenvalue weighted by molar-refractivity contribution is -0.128. The van der Waals surface area contributed by atoms with Crippen molar-refractivity contribution in [1.82, 2.24) is 10.2 Å². The third-order valence-electron chi connectivity index (χ3n) is 3.85. The summed E-state index contributed by atoms with van der Waals surface area (Å²) in [6.07, 6.45) is 5.22. The summed E-state index contributed by atoms with van der Waals surface area (Å²) in [5.74, 6) is 0.166. The van der Waals surface area contributed by atoms with Crippen LogP contribution in [-0.4, -0.2) is 29.9 Å². The molecule has 2 aliphatic rings. The van der Waals surface area contributed by atoms with Crippen LogP contribution in [0.2, 0.25) is 5.02 Å². The maximum Gasteiger partial charge on any atom is 0.251 e. The van der Waals surface area contributed by atoms with Crippen LogP contribution in [0.3, 0.4) is 0 Å². The van der Waals surface area contributed by atoms with Crippen molar-refractivity contribution in [3.05, 3.63) is 46.5 Å². The molecule has 4 heteroatoms. The molecule has 0 radical (unpaired) electrons. The van der Waals surface area contributed by atoms with Crippen molar-refractivity contribution < 1.29 is 4.79 Å². The number of rotatable bonds is 4. The molecule has 1 aromatic carbocycles. The van der Waals surface area contributed by atoms with E-state index in [-0.39, 0.29) is 5.91 Å². The van der Waals surface area contributed by atoms with Gasteiger partial charge in [-0.3, -0.25) is 4.79 Å². The quantitative estimate of drug-likeness (QED) is 0.925. The number of halogens is 1. The summed E-state index contributed by atoms with van der Waals surface area (Å²) in [5, 5.41) is 4.00. The van der Waals surface area contributed by atoms with Crippen LogP contribution in [0.4, 0.5) is 0 Å². The minimum atomic E-state index is 0.166. The molecule has 1 aliphatic carbocycles. The van der Waals surface area contributed by atoms with E-state index in [4.69, 9.17) is 11.6 Å². The molecule has 106 valence electrons. The third-order valence-corrected chi connectivity index (χ3v) is 4.22. The number of nitrogens with zero attached hydrogens (tertiary/aromatic N) is 1. The van der Waals surface area contributed by atoms with E-state index < -0.39 is 0 Å². The lowest BCUT2D eigenvalue weighted by Crippen LogP contribution is -2.38. The highest BCUT2D eigenvalue weighted by atomic mass is 35.5. The summed E-state index contributed by atoms with van der Waals surface area (Å²) in [5.41, 5.74) is 1.92. The molecular weight excluding hydrogens is 272 g/mol. The molecule has 1 aromatic rings. The Morgan fingerprint density at radius 3 is 2.80 bits per heavy atom. The van der Waals surface area contributed by atoms with Gasteiger partial charge in [0.05, 0.1) is 0 Å². The molecule has 0 spiro atoms. The van der Waals surface area contributed by atoms with E-state index in [2.05, 4.69) is 11.4 Å². The Kier molecular flexibility index (Phi) is 4.08. The van der Waals surface area contributed by atoms with Gasteiger partial charge in [0.2, 0.25) is 0 Å². The van der Waals surface area contributed by atoms with Crippen molar-refractivity contribution in [3.8, 4) is 0 Å². The second-order valence-electron chi connectivity index (χ2n) is 5.45. The van der Waals surface area contributed by atoms with E-state index in [0.717, 1.165) is 42.0 Å². The van der Waals surface area contributed by atoms with E-state index in [1.807, 2.05) is 29.2 Å². The van der Waals surface area contributed by atoms with Gasteiger partial charge in [-0.2, -0.15) is 0 Å². The fraction of sp³-hybridized carbons (Fsp3) is 0.438. The van der Waals surface area contributed by atoms with E-state index >= 15 is 0 Å². The Morgan fingerprint density at radius 2 is 2.15 bits per heavy atom. The first-order valence-corrected chi connectivity index (χ1v) is 7.57. The molecule has 0 bridgehead atoms. The summed E-state index contributed by atoms with van der Waals surface area (Å²) >= 11 is 6.22. The van der Waals surface area contributed by atoms with Crippen molar-refractivity contribution >= 4 is 17.5 Å². The Hall–Kier alpha value is -1.32. The average Bonchev–Trinajstić information content (AvgIpc) is 3.31. The van der Waals surface area contributed by atoms with Gasteiger partial charge in [-0.05, 0) is 37.4 Å². The van der Waals surface area contributed by atoms with E-state index in [1.165, 1.54) is 0 Å². The van der Waals surface area contributed by atoms with E-state index in [0.29, 0.717) is 19.1 Å². The molecule has 1 saturated carbocycles. The number of benzene rings is 1.